The largest absolute Gasteiger partial charge is 0.506 e. The molecule has 2 aliphatic rings. The van der Waals surface area contributed by atoms with E-state index in [1.807, 2.05) is 36.4 Å². The molecular formula is C56H75N4O4+. The number of aliphatic hydroxyl groups excluding tert-OH is 1. The third-order valence-electron chi connectivity index (χ3n) is 12.8. The van der Waals surface area contributed by atoms with Crippen molar-refractivity contribution in [3.63, 3.8) is 0 Å². The Morgan fingerprint density at radius 1 is 0.672 bits per heavy atom. The van der Waals surface area contributed by atoms with Crippen molar-refractivity contribution in [1.82, 2.24) is 5.32 Å². The van der Waals surface area contributed by atoms with Crippen LogP contribution in [0.1, 0.15) is 149 Å². The van der Waals surface area contributed by atoms with E-state index >= 15 is 0 Å². The molecule has 2 atom stereocenters. The number of aliphatic hydroxyl groups is 1. The van der Waals surface area contributed by atoms with E-state index in [1.165, 1.54) is 25.0 Å². The van der Waals surface area contributed by atoms with Crippen LogP contribution in [0.5, 0.6) is 0 Å². The molecule has 2 unspecified atom stereocenters. The number of hydrogen-bond acceptors (Lipinski definition) is 5. The quantitative estimate of drug-likeness (QED) is 0.0615. The molecule has 2 aliphatic carbocycles. The lowest BCUT2D eigenvalue weighted by molar-refractivity contribution is -0.448. The number of benzene rings is 3. The number of carbonyl (C=O) groups is 3. The molecule has 0 fully saturated rings. The fourth-order valence-electron chi connectivity index (χ4n) is 8.84. The van der Waals surface area contributed by atoms with Crippen molar-refractivity contribution < 1.29 is 24.1 Å². The van der Waals surface area contributed by atoms with E-state index in [-0.39, 0.29) is 34.5 Å². The Bertz CT molecular complexity index is 2240. The SMILES string of the molecule is CCCCc1ccc(N(CC(CC)CCCC)c2ccc(C3=C(O)/C(=C4\C=CC(=[N+](CC(CC)CCCC)c5ccc(CCCC)cc5)C=C4NC(C)=O)C3=O)c(NC(C)=O)c2)cc1. The lowest BCUT2D eigenvalue weighted by Gasteiger charge is -2.31. The van der Waals surface area contributed by atoms with E-state index in [1.54, 1.807) is 0 Å². The summed E-state index contributed by atoms with van der Waals surface area (Å²) < 4.78 is 2.31. The average Bonchev–Trinajstić information content (AvgIpc) is 3.29. The van der Waals surface area contributed by atoms with Crippen molar-refractivity contribution in [1.29, 1.82) is 0 Å². The lowest BCUT2D eigenvalue weighted by Crippen LogP contribution is -2.30. The minimum atomic E-state index is -0.355. The zero-order valence-corrected chi connectivity index (χ0v) is 40.1. The molecule has 0 saturated carbocycles. The van der Waals surface area contributed by atoms with Gasteiger partial charge in [0.2, 0.25) is 29.0 Å². The van der Waals surface area contributed by atoms with Crippen molar-refractivity contribution in [3.8, 4) is 0 Å². The molecule has 0 radical (unpaired) electrons. The third kappa shape index (κ3) is 12.8. The standard InChI is InChI=1S/C56H74N4O4/c1-9-15-19-41(13-5)37-59(45-27-23-43(24-28-45)21-17-11-3)47-31-33-49(51(35-47)57-39(7)61)53-55(63)54(56(53)64)50-34-32-48(36-52(50)58-40(8)62)60(38-42(14-6)20-16-10-2)46-29-25-44(26-30-46)22-18-12-4/h23-36,41-42H,9-22,37-38H2,1-8H3,(H2,57,58,61,62,63,64)/p+1. The summed E-state index contributed by atoms with van der Waals surface area (Å²) >= 11 is 0. The van der Waals surface area contributed by atoms with Gasteiger partial charge in [-0.3, -0.25) is 14.4 Å². The number of carbonyl (C=O) groups excluding carboxylic acids is 3. The molecule has 2 amide bonds. The summed E-state index contributed by atoms with van der Waals surface area (Å²) in [5.74, 6) is -0.159. The Labute approximate surface area is 384 Å². The second-order valence-corrected chi connectivity index (χ2v) is 17.8. The molecule has 342 valence electrons. The van der Waals surface area contributed by atoms with Crippen LogP contribution in [-0.2, 0) is 27.2 Å². The first kappa shape index (κ1) is 49.5. The Balaban J connectivity index is 1.59. The molecule has 64 heavy (non-hydrogen) atoms. The second-order valence-electron chi connectivity index (χ2n) is 17.8. The van der Waals surface area contributed by atoms with Gasteiger partial charge >= 0.3 is 0 Å². The van der Waals surface area contributed by atoms with Gasteiger partial charge in [0.15, 0.2) is 6.54 Å². The van der Waals surface area contributed by atoms with Gasteiger partial charge in [-0.15, -0.1) is 0 Å². The summed E-state index contributed by atoms with van der Waals surface area (Å²) in [6, 6.07) is 23.3. The van der Waals surface area contributed by atoms with Crippen LogP contribution in [0.15, 0.2) is 108 Å². The Hall–Kier alpha value is -5.50. The molecule has 3 aromatic rings. The molecule has 3 N–H and O–H groups in total. The van der Waals surface area contributed by atoms with Crippen molar-refractivity contribution in [3.05, 3.63) is 124 Å². The minimum Gasteiger partial charge on any atom is -0.506 e. The molecule has 0 bridgehead atoms. The average molecular weight is 868 g/mol. The first-order valence-corrected chi connectivity index (χ1v) is 24.4. The number of rotatable bonds is 24. The van der Waals surface area contributed by atoms with Gasteiger partial charge < -0.3 is 20.6 Å². The molecule has 5 rings (SSSR count). The fraction of sp³-hybridized carbons (Fsp3) is 0.464. The van der Waals surface area contributed by atoms with Gasteiger partial charge in [0.1, 0.15) is 5.76 Å². The zero-order chi connectivity index (χ0) is 46.2. The topological polar surface area (TPSA) is 102 Å². The van der Waals surface area contributed by atoms with Gasteiger partial charge in [-0.1, -0.05) is 111 Å². The van der Waals surface area contributed by atoms with Crippen molar-refractivity contribution in [2.24, 2.45) is 11.8 Å². The molecule has 8 nitrogen and oxygen atoms in total. The predicted octanol–water partition coefficient (Wildman–Crippen LogP) is 13.4. The number of nitrogens with one attached hydrogen (secondary N) is 2. The number of hydrogen-bond donors (Lipinski definition) is 3. The van der Waals surface area contributed by atoms with Crippen LogP contribution in [0.4, 0.5) is 22.7 Å². The van der Waals surface area contributed by atoms with Gasteiger partial charge in [-0.25, -0.2) is 0 Å². The second kappa shape index (κ2) is 24.5. The molecule has 3 aromatic carbocycles. The molecule has 0 aromatic heterocycles. The van der Waals surface area contributed by atoms with Crippen molar-refractivity contribution >= 4 is 51.6 Å². The Morgan fingerprint density at radius 3 is 1.78 bits per heavy atom. The van der Waals surface area contributed by atoms with Crippen LogP contribution in [0.2, 0.25) is 0 Å². The molecule has 0 spiro atoms. The summed E-state index contributed by atoms with van der Waals surface area (Å²) in [5, 5.41) is 17.9. The first-order chi connectivity index (χ1) is 31.0. The number of aryl methyl sites for hydroxylation is 2. The van der Waals surface area contributed by atoms with E-state index in [9.17, 15) is 19.5 Å². The van der Waals surface area contributed by atoms with Crippen molar-refractivity contribution in [2.45, 2.75) is 145 Å². The molecule has 8 heteroatoms. The van der Waals surface area contributed by atoms with Crippen LogP contribution in [0, 0.1) is 11.8 Å². The highest BCUT2D eigenvalue weighted by atomic mass is 16.3. The third-order valence-corrected chi connectivity index (χ3v) is 12.8. The van der Waals surface area contributed by atoms with Crippen LogP contribution in [0.25, 0.3) is 5.57 Å². The summed E-state index contributed by atoms with van der Waals surface area (Å²) in [6.07, 6.45) is 21.3. The fourth-order valence-corrected chi connectivity index (χ4v) is 8.84. The number of ketones is 1. The molecule has 0 aliphatic heterocycles. The van der Waals surface area contributed by atoms with Crippen molar-refractivity contribution in [2.75, 3.05) is 23.3 Å². The van der Waals surface area contributed by atoms with E-state index in [4.69, 9.17) is 0 Å². The van der Waals surface area contributed by atoms with Crippen LogP contribution in [0.3, 0.4) is 0 Å². The molecule has 0 saturated heterocycles. The lowest BCUT2D eigenvalue weighted by atomic mass is 9.78. The van der Waals surface area contributed by atoms with Gasteiger partial charge in [0.05, 0.1) is 22.5 Å². The summed E-state index contributed by atoms with van der Waals surface area (Å²) in [5.41, 5.74) is 8.60. The van der Waals surface area contributed by atoms with E-state index < -0.39 is 0 Å². The molecular weight excluding hydrogens is 793 g/mol. The minimum absolute atomic E-state index is 0.135. The number of Topliss-reactive ketones (excluding diaryl/α,β-unsaturated/α-hetero) is 1. The van der Waals surface area contributed by atoms with E-state index in [0.717, 1.165) is 126 Å². The summed E-state index contributed by atoms with van der Waals surface area (Å²) in [7, 11) is 0. The summed E-state index contributed by atoms with van der Waals surface area (Å²) in [4.78, 5) is 42.2. The van der Waals surface area contributed by atoms with E-state index in [0.29, 0.717) is 34.4 Å². The van der Waals surface area contributed by atoms with Crippen LogP contribution in [-0.4, -0.2) is 46.1 Å². The number of unbranched alkanes of at least 4 members (excludes halogenated alkanes) is 4. The predicted molar refractivity (Wildman–Crippen MR) is 267 cm³/mol. The summed E-state index contributed by atoms with van der Waals surface area (Å²) in [6.45, 7) is 17.9. The van der Waals surface area contributed by atoms with E-state index in [2.05, 4.69) is 110 Å². The van der Waals surface area contributed by atoms with Gasteiger partial charge in [0.25, 0.3) is 0 Å². The highest BCUT2D eigenvalue weighted by Gasteiger charge is 2.40. The number of anilines is 3. The Morgan fingerprint density at radius 2 is 1.23 bits per heavy atom. The van der Waals surface area contributed by atoms with Gasteiger partial charge in [-0.2, -0.15) is 4.58 Å². The zero-order valence-electron chi connectivity index (χ0n) is 40.1. The number of nitrogens with zero attached hydrogens (tertiary/aromatic N) is 2. The number of allylic oxidation sites excluding steroid dienone is 5. The highest BCUT2D eigenvalue weighted by molar-refractivity contribution is 6.40. The number of amides is 2. The first-order valence-electron chi connectivity index (χ1n) is 24.4. The van der Waals surface area contributed by atoms with Gasteiger partial charge in [-0.05, 0) is 98.4 Å². The van der Waals surface area contributed by atoms with Crippen LogP contribution >= 0.6 is 0 Å². The monoisotopic (exact) mass is 868 g/mol. The molecule has 0 heterocycles. The maximum atomic E-state index is 14.4. The maximum absolute atomic E-state index is 14.4. The normalized spacial score (nSPS) is 16.6. The maximum Gasteiger partial charge on any atom is 0.221 e. The smallest absolute Gasteiger partial charge is 0.221 e. The van der Waals surface area contributed by atoms with Crippen LogP contribution < -0.4 is 15.5 Å². The Kier molecular flexibility index (Phi) is 19.0. The van der Waals surface area contributed by atoms with Gasteiger partial charge in [0, 0.05) is 73.1 Å². The highest BCUT2D eigenvalue weighted by Crippen LogP contribution is 2.44.